The van der Waals surface area contributed by atoms with Crippen LogP contribution in [0.2, 0.25) is 10.0 Å². The molecular formula is C11H10Cl2N2. The van der Waals surface area contributed by atoms with Gasteiger partial charge in [0.05, 0.1) is 21.1 Å². The Kier molecular flexibility index (Phi) is 2.15. The molecule has 1 heterocycles. The van der Waals surface area contributed by atoms with E-state index in [1.165, 1.54) is 19.3 Å². The van der Waals surface area contributed by atoms with Gasteiger partial charge in [-0.3, -0.25) is 0 Å². The number of nitrogens with zero attached hydrogens (tertiary/aromatic N) is 1. The van der Waals surface area contributed by atoms with Gasteiger partial charge in [0.15, 0.2) is 0 Å². The van der Waals surface area contributed by atoms with Crippen molar-refractivity contribution in [1.82, 2.24) is 9.97 Å². The van der Waals surface area contributed by atoms with E-state index in [9.17, 15) is 0 Å². The summed E-state index contributed by atoms with van der Waals surface area (Å²) in [5.74, 6) is 1.68. The highest BCUT2D eigenvalue weighted by Crippen LogP contribution is 2.36. The van der Waals surface area contributed by atoms with E-state index in [0.29, 0.717) is 16.0 Å². The Labute approximate surface area is 97.6 Å². The predicted octanol–water partition coefficient (Wildman–Crippen LogP) is 4.14. The number of nitrogens with one attached hydrogen (secondary N) is 1. The van der Waals surface area contributed by atoms with Crippen molar-refractivity contribution in [1.29, 1.82) is 0 Å². The maximum atomic E-state index is 5.94. The molecule has 0 amide bonds. The van der Waals surface area contributed by atoms with E-state index in [2.05, 4.69) is 9.97 Å². The van der Waals surface area contributed by atoms with Crippen molar-refractivity contribution < 1.29 is 0 Å². The third-order valence-electron chi connectivity index (χ3n) is 3.03. The maximum Gasteiger partial charge on any atom is 0.110 e. The Balaban J connectivity index is 2.12. The number of hydrogen-bond donors (Lipinski definition) is 1. The van der Waals surface area contributed by atoms with Crippen molar-refractivity contribution in [2.45, 2.75) is 25.2 Å². The van der Waals surface area contributed by atoms with Gasteiger partial charge in [0.2, 0.25) is 0 Å². The molecule has 78 valence electrons. The van der Waals surface area contributed by atoms with E-state index < -0.39 is 0 Å². The number of imidazole rings is 1. The fourth-order valence-corrected chi connectivity index (χ4v) is 2.22. The minimum atomic E-state index is 0.566. The molecule has 0 saturated heterocycles. The van der Waals surface area contributed by atoms with Crippen LogP contribution in [0, 0.1) is 0 Å². The highest BCUT2D eigenvalue weighted by Gasteiger charge is 2.22. The largest absolute Gasteiger partial charge is 0.342 e. The number of halogens is 2. The Morgan fingerprint density at radius 1 is 1.20 bits per heavy atom. The number of aromatic nitrogens is 2. The summed E-state index contributed by atoms with van der Waals surface area (Å²) in [5, 5.41) is 1.14. The van der Waals surface area contributed by atoms with E-state index in [4.69, 9.17) is 23.2 Å². The second kappa shape index (κ2) is 3.39. The molecule has 1 aliphatic rings. The minimum absolute atomic E-state index is 0.566. The van der Waals surface area contributed by atoms with E-state index in [0.717, 1.165) is 16.9 Å². The van der Waals surface area contributed by atoms with Gasteiger partial charge in [-0.15, -0.1) is 0 Å². The summed E-state index contributed by atoms with van der Waals surface area (Å²) in [6.45, 7) is 0. The van der Waals surface area contributed by atoms with Crippen LogP contribution < -0.4 is 0 Å². The Morgan fingerprint density at radius 3 is 2.60 bits per heavy atom. The topological polar surface area (TPSA) is 28.7 Å². The average molecular weight is 241 g/mol. The van der Waals surface area contributed by atoms with Gasteiger partial charge in [-0.1, -0.05) is 29.6 Å². The molecule has 1 fully saturated rings. The summed E-state index contributed by atoms with van der Waals surface area (Å²) in [6.07, 6.45) is 3.78. The number of aromatic amines is 1. The molecule has 2 aromatic rings. The van der Waals surface area contributed by atoms with E-state index >= 15 is 0 Å². The minimum Gasteiger partial charge on any atom is -0.342 e. The average Bonchev–Trinajstić information content (AvgIpc) is 2.45. The third kappa shape index (κ3) is 1.52. The van der Waals surface area contributed by atoms with Crippen LogP contribution in [0.15, 0.2) is 12.1 Å². The zero-order valence-electron chi connectivity index (χ0n) is 8.06. The molecular weight excluding hydrogens is 231 g/mol. The summed E-state index contributed by atoms with van der Waals surface area (Å²) in [6, 6.07) is 3.66. The number of hydrogen-bond acceptors (Lipinski definition) is 1. The first-order valence-electron chi connectivity index (χ1n) is 5.09. The molecule has 0 atom stereocenters. The molecule has 0 radical (unpaired) electrons. The van der Waals surface area contributed by atoms with Crippen LogP contribution in [0.4, 0.5) is 0 Å². The first-order valence-corrected chi connectivity index (χ1v) is 5.84. The highest BCUT2D eigenvalue weighted by molar-refractivity contribution is 6.42. The molecule has 4 heteroatoms. The van der Waals surface area contributed by atoms with Crippen LogP contribution in [-0.4, -0.2) is 9.97 Å². The maximum absolute atomic E-state index is 5.94. The van der Waals surface area contributed by atoms with Crippen molar-refractivity contribution in [2.24, 2.45) is 0 Å². The van der Waals surface area contributed by atoms with Gasteiger partial charge in [-0.05, 0) is 25.0 Å². The third-order valence-corrected chi connectivity index (χ3v) is 3.76. The quantitative estimate of drug-likeness (QED) is 0.798. The Morgan fingerprint density at radius 2 is 1.93 bits per heavy atom. The monoisotopic (exact) mass is 240 g/mol. The molecule has 0 spiro atoms. The van der Waals surface area contributed by atoms with Crippen LogP contribution in [0.25, 0.3) is 11.0 Å². The van der Waals surface area contributed by atoms with Crippen LogP contribution in [-0.2, 0) is 0 Å². The predicted molar refractivity (Wildman–Crippen MR) is 62.7 cm³/mol. The summed E-state index contributed by atoms with van der Waals surface area (Å²) in [5.41, 5.74) is 1.89. The Bertz CT molecular complexity index is 476. The van der Waals surface area contributed by atoms with E-state index in [-0.39, 0.29) is 0 Å². The highest BCUT2D eigenvalue weighted by atomic mass is 35.5. The molecule has 1 aliphatic carbocycles. The molecule has 2 nitrogen and oxygen atoms in total. The smallest absolute Gasteiger partial charge is 0.110 e. The fourth-order valence-electron chi connectivity index (χ4n) is 1.90. The zero-order chi connectivity index (χ0) is 10.4. The van der Waals surface area contributed by atoms with Gasteiger partial charge in [0.25, 0.3) is 0 Å². The van der Waals surface area contributed by atoms with Gasteiger partial charge in [-0.2, -0.15) is 0 Å². The van der Waals surface area contributed by atoms with Crippen molar-refractivity contribution in [3.05, 3.63) is 28.0 Å². The molecule has 3 rings (SSSR count). The summed E-state index contributed by atoms with van der Waals surface area (Å²) in [4.78, 5) is 7.85. The molecule has 1 aromatic heterocycles. The molecule has 0 unspecified atom stereocenters. The molecule has 1 N–H and O–H groups in total. The van der Waals surface area contributed by atoms with E-state index in [1.54, 1.807) is 0 Å². The van der Waals surface area contributed by atoms with Crippen LogP contribution in [0.1, 0.15) is 31.0 Å². The van der Waals surface area contributed by atoms with Crippen LogP contribution in [0.5, 0.6) is 0 Å². The van der Waals surface area contributed by atoms with Gasteiger partial charge in [0.1, 0.15) is 5.82 Å². The number of fused-ring (bicyclic) bond motifs is 1. The number of benzene rings is 1. The second-order valence-electron chi connectivity index (χ2n) is 4.03. The van der Waals surface area contributed by atoms with Crippen molar-refractivity contribution >= 4 is 34.2 Å². The Hall–Kier alpha value is -0.730. The lowest BCUT2D eigenvalue weighted by molar-refractivity contribution is 0.405. The van der Waals surface area contributed by atoms with Gasteiger partial charge in [-0.25, -0.2) is 4.98 Å². The van der Waals surface area contributed by atoms with Crippen molar-refractivity contribution in [3.63, 3.8) is 0 Å². The van der Waals surface area contributed by atoms with Gasteiger partial charge < -0.3 is 4.98 Å². The number of H-pyrrole nitrogens is 1. The number of rotatable bonds is 1. The zero-order valence-corrected chi connectivity index (χ0v) is 9.57. The summed E-state index contributed by atoms with van der Waals surface area (Å²) < 4.78 is 0. The molecule has 15 heavy (non-hydrogen) atoms. The molecule has 1 aromatic carbocycles. The van der Waals surface area contributed by atoms with Crippen LogP contribution in [0.3, 0.4) is 0 Å². The second-order valence-corrected chi connectivity index (χ2v) is 4.85. The standard InChI is InChI=1S/C11H10Cl2N2/c12-7-4-9-10(5-8(7)13)15-11(14-9)6-2-1-3-6/h4-6H,1-3H2,(H,14,15). The van der Waals surface area contributed by atoms with Crippen molar-refractivity contribution in [2.75, 3.05) is 0 Å². The SMILES string of the molecule is Clc1cc2nc(C3CCC3)[nH]c2cc1Cl. The fraction of sp³-hybridized carbons (Fsp3) is 0.364. The summed E-state index contributed by atoms with van der Waals surface area (Å²) in [7, 11) is 0. The first-order chi connectivity index (χ1) is 7.24. The van der Waals surface area contributed by atoms with E-state index in [1.807, 2.05) is 12.1 Å². The molecule has 1 saturated carbocycles. The lowest BCUT2D eigenvalue weighted by Gasteiger charge is -2.22. The molecule has 0 bridgehead atoms. The normalized spacial score (nSPS) is 16.9. The van der Waals surface area contributed by atoms with Gasteiger partial charge in [0, 0.05) is 5.92 Å². The lowest BCUT2D eigenvalue weighted by Crippen LogP contribution is -2.10. The lowest BCUT2D eigenvalue weighted by atomic mass is 9.85. The van der Waals surface area contributed by atoms with Crippen molar-refractivity contribution in [3.8, 4) is 0 Å². The molecule has 0 aliphatic heterocycles. The summed E-state index contributed by atoms with van der Waals surface area (Å²) >= 11 is 11.9. The van der Waals surface area contributed by atoms with Gasteiger partial charge >= 0.3 is 0 Å². The van der Waals surface area contributed by atoms with Crippen LogP contribution >= 0.6 is 23.2 Å². The first kappa shape index (κ1) is 9.49.